The van der Waals surface area contributed by atoms with Crippen molar-refractivity contribution in [1.82, 2.24) is 9.88 Å². The molecule has 3 aliphatic heterocycles. The smallest absolute Gasteiger partial charge is 0.0584 e. The number of likely N-dealkylation sites (tertiary alicyclic amines) is 1. The van der Waals surface area contributed by atoms with Crippen LogP contribution < -0.4 is 4.90 Å². The molecule has 0 amide bonds. The van der Waals surface area contributed by atoms with E-state index in [1.54, 1.807) is 22.3 Å². The molecule has 11 atom stereocenters. The van der Waals surface area contributed by atoms with Crippen LogP contribution in [0.3, 0.4) is 0 Å². The quantitative estimate of drug-likeness (QED) is 0.183. The minimum absolute atomic E-state index is 0.314. The van der Waals surface area contributed by atoms with Crippen molar-refractivity contribution >= 4 is 18.0 Å². The molecule has 3 aromatic carbocycles. The minimum Gasteiger partial charge on any atom is -0.356 e. The van der Waals surface area contributed by atoms with Crippen LogP contribution in [0.1, 0.15) is 140 Å². The maximum atomic E-state index is 4.85. The van der Waals surface area contributed by atoms with Gasteiger partial charge in [0, 0.05) is 48.6 Å². The second-order valence-electron chi connectivity index (χ2n) is 19.2. The number of aromatic nitrogens is 1. The summed E-state index contributed by atoms with van der Waals surface area (Å²) in [6.45, 7) is 0. The normalized spacial score (nSPS) is 35.0. The molecule has 1 aromatic heterocycles. The van der Waals surface area contributed by atoms with E-state index in [2.05, 4.69) is 131 Å². The van der Waals surface area contributed by atoms with Gasteiger partial charge in [-0.25, -0.2) is 0 Å². The molecule has 0 spiro atoms. The first kappa shape index (κ1) is 35.4. The highest BCUT2D eigenvalue weighted by Gasteiger charge is 2.59. The molecule has 11 unspecified atom stereocenters. The third-order valence-electron chi connectivity index (χ3n) is 16.5. The molecule has 8 aliphatic rings. The lowest BCUT2D eigenvalue weighted by Crippen LogP contribution is -2.51. The SMILES string of the molecule is C1=CC(C2C(c3ccccc3)C3=Cc4ccc5c6c4C(CCC6CC4C(C6CCCCC6)C(c6ccccc6)N(c6cccnc6)C54)C3N2C2C=NC=CC2)CCC1. The van der Waals surface area contributed by atoms with Crippen molar-refractivity contribution < 1.29 is 0 Å². The van der Waals surface area contributed by atoms with Gasteiger partial charge in [0.15, 0.2) is 0 Å². The van der Waals surface area contributed by atoms with E-state index in [0.29, 0.717) is 65.7 Å². The number of allylic oxidation sites excluding steroid dienone is 1. The molecule has 4 aromatic rings. The van der Waals surface area contributed by atoms with Crippen LogP contribution in [-0.4, -0.2) is 34.2 Å². The fourth-order valence-corrected chi connectivity index (χ4v) is 14.6. The van der Waals surface area contributed by atoms with E-state index in [9.17, 15) is 0 Å². The van der Waals surface area contributed by atoms with Gasteiger partial charge >= 0.3 is 0 Å². The molecular weight excluding hydrogens is 705 g/mol. The van der Waals surface area contributed by atoms with Gasteiger partial charge in [-0.15, -0.1) is 0 Å². The van der Waals surface area contributed by atoms with Crippen LogP contribution in [0.4, 0.5) is 5.69 Å². The minimum atomic E-state index is 0.314. The van der Waals surface area contributed by atoms with Crippen LogP contribution in [-0.2, 0) is 0 Å². The number of pyridine rings is 1. The Bertz CT molecular complexity index is 2250. The van der Waals surface area contributed by atoms with E-state index >= 15 is 0 Å². The van der Waals surface area contributed by atoms with Crippen molar-refractivity contribution in [3.8, 4) is 0 Å². The highest BCUT2D eigenvalue weighted by molar-refractivity contribution is 5.73. The second-order valence-corrected chi connectivity index (χ2v) is 19.2. The van der Waals surface area contributed by atoms with E-state index in [1.807, 2.05) is 12.4 Å². The summed E-state index contributed by atoms with van der Waals surface area (Å²) in [5.74, 6) is 4.08. The first-order valence-corrected chi connectivity index (χ1v) is 23.1. The van der Waals surface area contributed by atoms with Gasteiger partial charge in [-0.05, 0) is 126 Å². The Morgan fingerprint density at radius 2 is 1.53 bits per heavy atom. The second kappa shape index (κ2) is 14.6. The van der Waals surface area contributed by atoms with E-state index in [-0.39, 0.29) is 0 Å². The number of benzene rings is 3. The van der Waals surface area contributed by atoms with Gasteiger partial charge in [-0.2, -0.15) is 0 Å². The van der Waals surface area contributed by atoms with Gasteiger partial charge in [0.25, 0.3) is 0 Å². The number of anilines is 1. The Balaban J connectivity index is 1.04. The summed E-state index contributed by atoms with van der Waals surface area (Å²) >= 11 is 0. The highest BCUT2D eigenvalue weighted by Crippen LogP contribution is 2.67. The molecule has 5 aliphatic carbocycles. The third-order valence-corrected chi connectivity index (χ3v) is 16.5. The van der Waals surface area contributed by atoms with Crippen LogP contribution in [0.15, 0.2) is 132 Å². The van der Waals surface area contributed by atoms with Crippen LogP contribution in [0.25, 0.3) is 6.08 Å². The fraction of sp³-hybridized carbons (Fsp3) is 0.444. The van der Waals surface area contributed by atoms with Crippen molar-refractivity contribution in [3.63, 3.8) is 0 Å². The molecule has 294 valence electrons. The van der Waals surface area contributed by atoms with Crippen LogP contribution >= 0.6 is 0 Å². The van der Waals surface area contributed by atoms with Crippen LogP contribution in [0.5, 0.6) is 0 Å². The van der Waals surface area contributed by atoms with Crippen molar-refractivity contribution in [2.45, 2.75) is 125 Å². The fourth-order valence-electron chi connectivity index (χ4n) is 14.6. The zero-order valence-corrected chi connectivity index (χ0v) is 33.9. The first-order valence-electron chi connectivity index (χ1n) is 23.1. The zero-order valence-electron chi connectivity index (χ0n) is 33.9. The van der Waals surface area contributed by atoms with Gasteiger partial charge in [0.2, 0.25) is 0 Å². The van der Waals surface area contributed by atoms with Gasteiger partial charge in [-0.3, -0.25) is 14.9 Å². The molecule has 1 saturated carbocycles. The summed E-state index contributed by atoms with van der Waals surface area (Å²) in [6, 6.07) is 34.8. The summed E-state index contributed by atoms with van der Waals surface area (Å²) in [7, 11) is 0. The van der Waals surface area contributed by atoms with E-state index in [1.165, 1.54) is 93.0 Å². The summed E-state index contributed by atoms with van der Waals surface area (Å²) in [4.78, 5) is 15.6. The number of aliphatic imine (C=N–C) groups is 1. The number of fused-ring (bicyclic) bond motifs is 4. The summed E-state index contributed by atoms with van der Waals surface area (Å²) in [6.07, 6.45) is 34.3. The molecule has 0 radical (unpaired) electrons. The van der Waals surface area contributed by atoms with E-state index < -0.39 is 0 Å². The number of hydrogen-bond donors (Lipinski definition) is 0. The topological polar surface area (TPSA) is 31.7 Å². The summed E-state index contributed by atoms with van der Waals surface area (Å²) in [5.41, 5.74) is 12.6. The predicted molar refractivity (Wildman–Crippen MR) is 237 cm³/mol. The maximum absolute atomic E-state index is 4.85. The largest absolute Gasteiger partial charge is 0.356 e. The number of nitrogens with zero attached hydrogens (tertiary/aromatic N) is 4. The van der Waals surface area contributed by atoms with Crippen molar-refractivity contribution in [1.29, 1.82) is 0 Å². The standard InChI is InChI=1S/C54H58N4/c1-5-15-35(16-6-1)49-45-31-39-25-28-44-48-40(26-27-43(47(39)48)53(45)57(41-23-13-29-55-33-41)51(49)37-19-9-3-10-20-37)32-46-50(36-17-7-2-8-18-36)52(38-21-11-4-12-22-38)58(54(44)46)42-24-14-30-56-34-42/h1,4-6,9,11-16,19,21-22,24-25,28-31,33-34,36-37,40-41,43,46,49-54H,2-3,7-8,10,17-18,20,23,26-27,32H2. The third kappa shape index (κ3) is 5.56. The van der Waals surface area contributed by atoms with Gasteiger partial charge < -0.3 is 4.90 Å². The Morgan fingerprint density at radius 1 is 0.690 bits per heavy atom. The average molecular weight is 763 g/mol. The lowest BCUT2D eigenvalue weighted by molar-refractivity contribution is 0.110. The monoisotopic (exact) mass is 762 g/mol. The average Bonchev–Trinajstić information content (AvgIpc) is 3.83. The molecule has 2 saturated heterocycles. The molecule has 0 N–H and O–H groups in total. The first-order chi connectivity index (χ1) is 28.8. The number of hydrogen-bond acceptors (Lipinski definition) is 4. The van der Waals surface area contributed by atoms with Gasteiger partial charge in [-0.1, -0.05) is 129 Å². The molecule has 3 fully saturated rings. The summed E-state index contributed by atoms with van der Waals surface area (Å²) < 4.78 is 0. The summed E-state index contributed by atoms with van der Waals surface area (Å²) in [5, 5.41) is 0. The number of rotatable bonds is 6. The Morgan fingerprint density at radius 3 is 2.29 bits per heavy atom. The van der Waals surface area contributed by atoms with Gasteiger partial charge in [0.05, 0.1) is 24.0 Å². The van der Waals surface area contributed by atoms with E-state index in [4.69, 9.17) is 9.98 Å². The highest BCUT2D eigenvalue weighted by atomic mass is 15.3. The van der Waals surface area contributed by atoms with Gasteiger partial charge in [0.1, 0.15) is 0 Å². The lowest BCUT2D eigenvalue weighted by atomic mass is 9.58. The molecular formula is C54H58N4. The van der Waals surface area contributed by atoms with Crippen LogP contribution in [0, 0.1) is 23.7 Å². The Hall–Kier alpha value is -4.54. The predicted octanol–water partition coefficient (Wildman–Crippen LogP) is 12.5. The van der Waals surface area contributed by atoms with E-state index in [0.717, 1.165) is 12.3 Å². The molecule has 0 bridgehead atoms. The molecule has 12 rings (SSSR count). The Kier molecular flexibility index (Phi) is 8.93. The van der Waals surface area contributed by atoms with Crippen LogP contribution in [0.2, 0.25) is 0 Å². The maximum Gasteiger partial charge on any atom is 0.0584 e. The molecule has 4 heterocycles. The van der Waals surface area contributed by atoms with Crippen molar-refractivity contribution in [3.05, 3.63) is 161 Å². The van der Waals surface area contributed by atoms with Crippen molar-refractivity contribution in [2.75, 3.05) is 4.90 Å². The molecule has 58 heavy (non-hydrogen) atoms. The lowest BCUT2D eigenvalue weighted by Gasteiger charge is -2.49. The molecule has 4 nitrogen and oxygen atoms in total. The van der Waals surface area contributed by atoms with Crippen molar-refractivity contribution in [2.24, 2.45) is 28.7 Å². The Labute approximate surface area is 345 Å². The molecule has 4 heteroatoms. The zero-order chi connectivity index (χ0) is 38.2.